The van der Waals surface area contributed by atoms with Crippen LogP contribution in [0.5, 0.6) is 0 Å². The number of nitrogens with zero attached hydrogens (tertiary/aromatic N) is 2. The van der Waals surface area contributed by atoms with E-state index >= 15 is 0 Å². The van der Waals surface area contributed by atoms with E-state index in [2.05, 4.69) is 32.9 Å². The van der Waals surface area contributed by atoms with Gasteiger partial charge in [0.25, 0.3) is 0 Å². The molecule has 96 valence electrons. The van der Waals surface area contributed by atoms with E-state index in [0.717, 1.165) is 23.7 Å². The number of hydrogen-bond acceptors (Lipinski definition) is 2. The molecule has 1 heterocycles. The molecule has 0 radical (unpaired) electrons. The minimum absolute atomic E-state index is 0.468. The highest BCUT2D eigenvalue weighted by Gasteiger charge is 2.63. The zero-order valence-electron chi connectivity index (χ0n) is 11.6. The Kier molecular flexibility index (Phi) is 2.02. The number of rotatable bonds is 1. The number of benzene rings is 1. The van der Waals surface area contributed by atoms with Crippen molar-refractivity contribution in [3.8, 4) is 11.4 Å². The molecule has 4 rings (SSSR count). The molecule has 1 aromatic heterocycles. The van der Waals surface area contributed by atoms with Gasteiger partial charge in [-0.1, -0.05) is 44.2 Å². The predicted molar refractivity (Wildman–Crippen MR) is 75.9 cm³/mol. The molecule has 2 nitrogen and oxygen atoms in total. The van der Waals surface area contributed by atoms with Crippen molar-refractivity contribution >= 4 is 0 Å². The van der Waals surface area contributed by atoms with Crippen LogP contribution in [-0.4, -0.2) is 9.97 Å². The summed E-state index contributed by atoms with van der Waals surface area (Å²) in [5.41, 5.74) is 5.50. The summed E-state index contributed by atoms with van der Waals surface area (Å²) < 4.78 is 0. The van der Waals surface area contributed by atoms with Gasteiger partial charge in [-0.15, -0.1) is 0 Å². The van der Waals surface area contributed by atoms with Gasteiger partial charge in [0.1, 0.15) is 0 Å². The molecule has 0 unspecified atom stereocenters. The molecule has 0 aliphatic heterocycles. The highest BCUT2D eigenvalue weighted by molar-refractivity contribution is 5.57. The van der Waals surface area contributed by atoms with Crippen LogP contribution in [0.4, 0.5) is 0 Å². The third-order valence-electron chi connectivity index (χ3n) is 5.02. The van der Waals surface area contributed by atoms with Gasteiger partial charge in [0.05, 0.1) is 0 Å². The van der Waals surface area contributed by atoms with Gasteiger partial charge in [0, 0.05) is 17.0 Å². The average molecular weight is 250 g/mol. The lowest BCUT2D eigenvalue weighted by Crippen LogP contribution is -2.07. The normalized spacial score (nSPS) is 25.8. The first kappa shape index (κ1) is 11.2. The van der Waals surface area contributed by atoms with Crippen molar-refractivity contribution in [2.75, 3.05) is 0 Å². The van der Waals surface area contributed by atoms with Crippen LogP contribution in [0.1, 0.15) is 36.7 Å². The molecular weight excluding hydrogens is 232 g/mol. The van der Waals surface area contributed by atoms with Crippen LogP contribution in [0.25, 0.3) is 11.4 Å². The Morgan fingerprint density at radius 2 is 1.84 bits per heavy atom. The first-order valence-electron chi connectivity index (χ1n) is 7.02. The van der Waals surface area contributed by atoms with E-state index in [1.807, 2.05) is 18.2 Å². The molecule has 2 aliphatic rings. The number of hydrogen-bond donors (Lipinski definition) is 0. The van der Waals surface area contributed by atoms with Gasteiger partial charge in [0.2, 0.25) is 0 Å². The van der Waals surface area contributed by atoms with Crippen molar-refractivity contribution < 1.29 is 0 Å². The maximum absolute atomic E-state index is 4.82. The smallest absolute Gasteiger partial charge is 0.159 e. The van der Waals surface area contributed by atoms with Crippen LogP contribution >= 0.6 is 0 Å². The van der Waals surface area contributed by atoms with E-state index < -0.39 is 0 Å². The van der Waals surface area contributed by atoms with E-state index in [1.54, 1.807) is 0 Å². The Hall–Kier alpha value is -1.70. The summed E-state index contributed by atoms with van der Waals surface area (Å²) in [5.74, 6) is 2.38. The van der Waals surface area contributed by atoms with Crippen molar-refractivity contribution in [1.29, 1.82) is 0 Å². The average Bonchev–Trinajstić information content (AvgIpc) is 2.76. The summed E-state index contributed by atoms with van der Waals surface area (Å²) in [6, 6.07) is 10.3. The summed E-state index contributed by atoms with van der Waals surface area (Å²) in [7, 11) is 0. The molecule has 0 N–H and O–H groups in total. The SMILES string of the molecule is Cc1nc(-c2ccccc2)nc2c1[C@@H]1[C@@H](C2)C1(C)C. The van der Waals surface area contributed by atoms with Crippen molar-refractivity contribution in [2.45, 2.75) is 33.1 Å². The molecule has 2 aliphatic carbocycles. The van der Waals surface area contributed by atoms with Crippen LogP contribution in [0.2, 0.25) is 0 Å². The second kappa shape index (κ2) is 3.44. The van der Waals surface area contributed by atoms with Crippen LogP contribution in [-0.2, 0) is 6.42 Å². The van der Waals surface area contributed by atoms with Gasteiger partial charge >= 0.3 is 0 Å². The largest absolute Gasteiger partial charge is 0.233 e. The second-order valence-corrected chi connectivity index (χ2v) is 6.47. The Labute approximate surface area is 113 Å². The fourth-order valence-electron chi connectivity index (χ4n) is 3.82. The maximum atomic E-state index is 4.82. The van der Waals surface area contributed by atoms with Crippen LogP contribution in [0, 0.1) is 18.3 Å². The lowest BCUT2D eigenvalue weighted by molar-refractivity contribution is 0.534. The minimum atomic E-state index is 0.468. The molecule has 0 saturated heterocycles. The van der Waals surface area contributed by atoms with Gasteiger partial charge in [-0.25, -0.2) is 9.97 Å². The Bertz CT molecular complexity index is 658. The van der Waals surface area contributed by atoms with Gasteiger partial charge in [0.15, 0.2) is 5.82 Å². The predicted octanol–water partition coefficient (Wildman–Crippen LogP) is 3.75. The van der Waals surface area contributed by atoms with Crippen molar-refractivity contribution in [3.05, 3.63) is 47.3 Å². The Morgan fingerprint density at radius 1 is 1.11 bits per heavy atom. The molecule has 19 heavy (non-hydrogen) atoms. The quantitative estimate of drug-likeness (QED) is 0.770. The van der Waals surface area contributed by atoms with E-state index in [-0.39, 0.29) is 0 Å². The zero-order chi connectivity index (χ0) is 13.2. The lowest BCUT2D eigenvalue weighted by atomic mass is 9.97. The third kappa shape index (κ3) is 1.43. The molecule has 2 heteroatoms. The summed E-state index contributed by atoms with van der Waals surface area (Å²) in [5, 5.41) is 0. The van der Waals surface area contributed by atoms with E-state index in [9.17, 15) is 0 Å². The summed E-state index contributed by atoms with van der Waals surface area (Å²) >= 11 is 0. The standard InChI is InChI=1S/C17H18N2/c1-10-14-13(9-12-15(14)17(12,2)3)19-16(18-10)11-7-5-4-6-8-11/h4-8,12,15H,9H2,1-3H3/t12-,15+/m1/s1. The van der Waals surface area contributed by atoms with Gasteiger partial charge in [-0.2, -0.15) is 0 Å². The molecule has 0 bridgehead atoms. The molecule has 1 saturated carbocycles. The monoisotopic (exact) mass is 250 g/mol. The lowest BCUT2D eigenvalue weighted by Gasteiger charge is -2.14. The summed E-state index contributed by atoms with van der Waals surface area (Å²) in [6.07, 6.45) is 1.14. The van der Waals surface area contributed by atoms with Crippen molar-refractivity contribution in [2.24, 2.45) is 11.3 Å². The van der Waals surface area contributed by atoms with Gasteiger partial charge in [-0.3, -0.25) is 0 Å². The number of fused-ring (bicyclic) bond motifs is 3. The van der Waals surface area contributed by atoms with E-state index in [0.29, 0.717) is 11.3 Å². The fraction of sp³-hybridized carbons (Fsp3) is 0.412. The molecular formula is C17H18N2. The molecule has 0 amide bonds. The fourth-order valence-corrected chi connectivity index (χ4v) is 3.82. The topological polar surface area (TPSA) is 25.8 Å². The summed E-state index contributed by atoms with van der Waals surface area (Å²) in [6.45, 7) is 6.88. The molecule has 1 fully saturated rings. The Balaban J connectivity index is 1.82. The molecule has 2 aromatic rings. The highest BCUT2D eigenvalue weighted by Crippen LogP contribution is 2.70. The first-order valence-corrected chi connectivity index (χ1v) is 7.02. The summed E-state index contributed by atoms with van der Waals surface area (Å²) in [4.78, 5) is 9.57. The van der Waals surface area contributed by atoms with Crippen LogP contribution in [0.3, 0.4) is 0 Å². The van der Waals surface area contributed by atoms with Crippen LogP contribution in [0.15, 0.2) is 30.3 Å². The van der Waals surface area contributed by atoms with Crippen molar-refractivity contribution in [1.82, 2.24) is 9.97 Å². The third-order valence-corrected chi connectivity index (χ3v) is 5.02. The molecule has 2 atom stereocenters. The highest BCUT2D eigenvalue weighted by atomic mass is 14.9. The number of aryl methyl sites for hydroxylation is 1. The second-order valence-electron chi connectivity index (χ2n) is 6.47. The maximum Gasteiger partial charge on any atom is 0.159 e. The van der Waals surface area contributed by atoms with Gasteiger partial charge in [-0.05, 0) is 36.2 Å². The minimum Gasteiger partial charge on any atom is -0.233 e. The molecule has 1 aromatic carbocycles. The Morgan fingerprint density at radius 3 is 2.58 bits per heavy atom. The molecule has 0 spiro atoms. The number of aromatic nitrogens is 2. The van der Waals surface area contributed by atoms with Gasteiger partial charge < -0.3 is 0 Å². The van der Waals surface area contributed by atoms with Crippen molar-refractivity contribution in [3.63, 3.8) is 0 Å². The first-order chi connectivity index (χ1) is 9.09. The zero-order valence-corrected chi connectivity index (χ0v) is 11.6. The van der Waals surface area contributed by atoms with E-state index in [4.69, 9.17) is 9.97 Å². The van der Waals surface area contributed by atoms with Crippen LogP contribution < -0.4 is 0 Å². The van der Waals surface area contributed by atoms with E-state index in [1.165, 1.54) is 17.0 Å².